The maximum Gasteiger partial charge on any atom is 0.337 e. The van der Waals surface area contributed by atoms with E-state index in [-0.39, 0.29) is 18.7 Å². The quantitative estimate of drug-likeness (QED) is 0.501. The first-order chi connectivity index (χ1) is 16.7. The molecule has 35 heavy (non-hydrogen) atoms. The van der Waals surface area contributed by atoms with Crippen LogP contribution in [0, 0.1) is 0 Å². The van der Waals surface area contributed by atoms with Crippen molar-refractivity contribution < 1.29 is 28.5 Å². The summed E-state index contributed by atoms with van der Waals surface area (Å²) in [5.74, 6) is 0.463. The molecule has 1 aliphatic heterocycles. The number of ether oxygens (including phenoxy) is 4. The molecule has 0 bridgehead atoms. The van der Waals surface area contributed by atoms with Crippen molar-refractivity contribution in [2.45, 2.75) is 44.4 Å². The second-order valence-electron chi connectivity index (χ2n) is 9.72. The summed E-state index contributed by atoms with van der Waals surface area (Å²) in [4.78, 5) is 25.0. The van der Waals surface area contributed by atoms with E-state index in [9.17, 15) is 9.59 Å². The molecule has 1 N–H and O–H groups in total. The molecule has 1 fully saturated rings. The molecule has 4 rings (SSSR count). The molecule has 184 valence electrons. The number of esters is 2. The fourth-order valence-corrected chi connectivity index (χ4v) is 4.07. The minimum Gasteiger partial charge on any atom is -0.491 e. The van der Waals surface area contributed by atoms with Gasteiger partial charge in [0.2, 0.25) is 0 Å². The standard InChI is InChI=1S/C28H31NO6/c1-27(2,3)35-26(31)28(18-33-22-12-10-20(11-13-22)25(30)32-4)16-24(17-29-28)34-23-14-9-19-7-5-6-8-21(19)15-23/h5-15,24,29H,16-18H2,1-4H3/t24-,28-/m0/s1. The van der Waals surface area contributed by atoms with Crippen molar-refractivity contribution in [3.05, 3.63) is 72.3 Å². The minimum atomic E-state index is -1.07. The molecule has 0 radical (unpaired) electrons. The highest BCUT2D eigenvalue weighted by Crippen LogP contribution is 2.29. The topological polar surface area (TPSA) is 83.1 Å². The summed E-state index contributed by atoms with van der Waals surface area (Å²) < 4.78 is 22.7. The zero-order chi connectivity index (χ0) is 25.1. The Bertz CT molecular complexity index is 1200. The number of hydrogen-bond donors (Lipinski definition) is 1. The monoisotopic (exact) mass is 477 g/mol. The largest absolute Gasteiger partial charge is 0.491 e. The summed E-state index contributed by atoms with van der Waals surface area (Å²) >= 11 is 0. The van der Waals surface area contributed by atoms with Crippen molar-refractivity contribution >= 4 is 22.7 Å². The second kappa shape index (κ2) is 9.96. The van der Waals surface area contributed by atoms with E-state index in [1.807, 2.05) is 57.2 Å². The minimum absolute atomic E-state index is 0.0526. The fourth-order valence-electron chi connectivity index (χ4n) is 4.07. The van der Waals surface area contributed by atoms with E-state index in [2.05, 4.69) is 11.4 Å². The van der Waals surface area contributed by atoms with Crippen LogP contribution in [0.25, 0.3) is 10.8 Å². The molecule has 7 nitrogen and oxygen atoms in total. The highest BCUT2D eigenvalue weighted by molar-refractivity contribution is 5.89. The maximum absolute atomic E-state index is 13.3. The van der Waals surface area contributed by atoms with Crippen LogP contribution in [0.1, 0.15) is 37.6 Å². The molecule has 1 saturated heterocycles. The Hall–Kier alpha value is -3.58. The van der Waals surface area contributed by atoms with Gasteiger partial charge in [-0.15, -0.1) is 0 Å². The van der Waals surface area contributed by atoms with Crippen LogP contribution in [-0.2, 0) is 14.3 Å². The summed E-state index contributed by atoms with van der Waals surface area (Å²) in [5.41, 5.74) is -1.30. The molecule has 1 aliphatic rings. The highest BCUT2D eigenvalue weighted by atomic mass is 16.6. The number of carbonyl (C=O) groups is 2. The Kier molecular flexibility index (Phi) is 6.98. The van der Waals surface area contributed by atoms with Gasteiger partial charge >= 0.3 is 11.9 Å². The molecule has 0 aromatic heterocycles. The van der Waals surface area contributed by atoms with Gasteiger partial charge in [-0.25, -0.2) is 9.59 Å². The summed E-state index contributed by atoms with van der Waals surface area (Å²) in [6.45, 7) is 6.03. The average Bonchev–Trinajstić information content (AvgIpc) is 3.25. The SMILES string of the molecule is COC(=O)c1ccc(OC[C@]2(C(=O)OC(C)(C)C)C[C@H](Oc3ccc4ccccc4c3)CN2)cc1. The highest BCUT2D eigenvalue weighted by Gasteiger charge is 2.49. The van der Waals surface area contributed by atoms with Crippen molar-refractivity contribution in [3.63, 3.8) is 0 Å². The Morgan fingerprint density at radius 1 is 0.971 bits per heavy atom. The third-order valence-electron chi connectivity index (χ3n) is 5.82. The van der Waals surface area contributed by atoms with Crippen LogP contribution >= 0.6 is 0 Å². The lowest BCUT2D eigenvalue weighted by Gasteiger charge is -2.31. The van der Waals surface area contributed by atoms with Crippen LogP contribution in [0.4, 0.5) is 0 Å². The van der Waals surface area contributed by atoms with E-state index in [1.165, 1.54) is 7.11 Å². The molecule has 3 aromatic rings. The first kappa shape index (κ1) is 24.5. The summed E-state index contributed by atoms with van der Waals surface area (Å²) in [5, 5.41) is 5.54. The Morgan fingerprint density at radius 3 is 2.34 bits per heavy atom. The lowest BCUT2D eigenvalue weighted by molar-refractivity contribution is -0.164. The lowest BCUT2D eigenvalue weighted by Crippen LogP contribution is -2.54. The van der Waals surface area contributed by atoms with Crippen molar-refractivity contribution in [2.24, 2.45) is 0 Å². The number of benzene rings is 3. The van der Waals surface area contributed by atoms with Crippen molar-refractivity contribution in [2.75, 3.05) is 20.3 Å². The number of methoxy groups -OCH3 is 1. The van der Waals surface area contributed by atoms with Gasteiger partial charge in [-0.2, -0.15) is 0 Å². The summed E-state index contributed by atoms with van der Waals surface area (Å²) in [7, 11) is 1.33. The lowest BCUT2D eigenvalue weighted by atomic mass is 9.97. The second-order valence-corrected chi connectivity index (χ2v) is 9.72. The predicted octanol–water partition coefficient (Wildman–Crippen LogP) is 4.53. The van der Waals surface area contributed by atoms with Gasteiger partial charge in [0, 0.05) is 13.0 Å². The van der Waals surface area contributed by atoms with Gasteiger partial charge < -0.3 is 18.9 Å². The van der Waals surface area contributed by atoms with Crippen LogP contribution in [0.15, 0.2) is 66.7 Å². The van der Waals surface area contributed by atoms with Crippen LogP contribution < -0.4 is 14.8 Å². The Morgan fingerprint density at radius 2 is 1.66 bits per heavy atom. The van der Waals surface area contributed by atoms with Gasteiger partial charge in [0.05, 0.1) is 12.7 Å². The number of fused-ring (bicyclic) bond motifs is 1. The zero-order valence-corrected chi connectivity index (χ0v) is 20.5. The number of rotatable bonds is 7. The van der Waals surface area contributed by atoms with E-state index in [4.69, 9.17) is 18.9 Å². The molecule has 0 saturated carbocycles. The third kappa shape index (κ3) is 5.92. The van der Waals surface area contributed by atoms with E-state index in [1.54, 1.807) is 24.3 Å². The average molecular weight is 478 g/mol. The maximum atomic E-state index is 13.3. The fraction of sp³-hybridized carbons (Fsp3) is 0.357. The summed E-state index contributed by atoms with van der Waals surface area (Å²) in [6, 6.07) is 20.6. The van der Waals surface area contributed by atoms with Gasteiger partial charge in [0.1, 0.15) is 29.8 Å². The zero-order valence-electron chi connectivity index (χ0n) is 20.5. The Balaban J connectivity index is 1.49. The van der Waals surface area contributed by atoms with Crippen LogP contribution in [0.5, 0.6) is 11.5 Å². The van der Waals surface area contributed by atoms with Crippen molar-refractivity contribution in [3.8, 4) is 11.5 Å². The van der Waals surface area contributed by atoms with Gasteiger partial charge in [-0.3, -0.25) is 5.32 Å². The van der Waals surface area contributed by atoms with Gasteiger partial charge in [0.15, 0.2) is 5.54 Å². The van der Waals surface area contributed by atoms with E-state index in [0.717, 1.165) is 16.5 Å². The van der Waals surface area contributed by atoms with Crippen molar-refractivity contribution in [1.82, 2.24) is 5.32 Å². The smallest absolute Gasteiger partial charge is 0.337 e. The molecule has 2 atom stereocenters. The first-order valence-corrected chi connectivity index (χ1v) is 11.6. The Labute approximate surface area is 205 Å². The predicted molar refractivity (Wildman–Crippen MR) is 133 cm³/mol. The first-order valence-electron chi connectivity index (χ1n) is 11.6. The van der Waals surface area contributed by atoms with Crippen LogP contribution in [0.3, 0.4) is 0 Å². The molecular formula is C28H31NO6. The molecule has 0 amide bonds. The third-order valence-corrected chi connectivity index (χ3v) is 5.82. The van der Waals surface area contributed by atoms with Gasteiger partial charge in [-0.05, 0) is 67.9 Å². The molecule has 3 aromatic carbocycles. The number of carbonyl (C=O) groups excluding carboxylic acids is 2. The van der Waals surface area contributed by atoms with Gasteiger partial charge in [-0.1, -0.05) is 30.3 Å². The van der Waals surface area contributed by atoms with Crippen molar-refractivity contribution in [1.29, 1.82) is 0 Å². The van der Waals surface area contributed by atoms with E-state index in [0.29, 0.717) is 24.3 Å². The summed E-state index contributed by atoms with van der Waals surface area (Å²) in [6.07, 6.45) is 0.142. The molecule has 0 spiro atoms. The van der Waals surface area contributed by atoms with E-state index >= 15 is 0 Å². The molecular weight excluding hydrogens is 446 g/mol. The molecule has 1 heterocycles. The molecule has 0 unspecified atom stereocenters. The molecule has 0 aliphatic carbocycles. The molecule has 7 heteroatoms. The number of hydrogen-bond acceptors (Lipinski definition) is 7. The normalized spacial score (nSPS) is 19.8. The number of nitrogens with one attached hydrogen (secondary N) is 1. The van der Waals surface area contributed by atoms with Crippen LogP contribution in [-0.4, -0.2) is 49.4 Å². The van der Waals surface area contributed by atoms with E-state index < -0.39 is 17.1 Å². The van der Waals surface area contributed by atoms with Crippen LogP contribution in [0.2, 0.25) is 0 Å². The van der Waals surface area contributed by atoms with Gasteiger partial charge in [0.25, 0.3) is 0 Å².